The normalized spacial score (nSPS) is 17.4. The van der Waals surface area contributed by atoms with Gasteiger partial charge in [0.05, 0.1) is 14.2 Å². The Kier molecular flexibility index (Phi) is 3.24. The molecule has 0 atom stereocenters. The molecule has 0 aliphatic heterocycles. The number of rotatable bonds is 4. The molecule has 2 N–H and O–H groups in total. The van der Waals surface area contributed by atoms with Gasteiger partial charge in [-0.2, -0.15) is 0 Å². The highest BCUT2D eigenvalue weighted by molar-refractivity contribution is 5.44. The summed E-state index contributed by atoms with van der Waals surface area (Å²) in [5.74, 6) is 0.524. The lowest BCUT2D eigenvalue weighted by Crippen LogP contribution is -2.42. The number of methoxy groups -OCH3 is 2. The van der Waals surface area contributed by atoms with Crippen LogP contribution >= 0.6 is 0 Å². The van der Waals surface area contributed by atoms with E-state index in [1.54, 1.807) is 19.2 Å². The van der Waals surface area contributed by atoms with E-state index >= 15 is 0 Å². The predicted octanol–water partition coefficient (Wildman–Crippen LogP) is 2.22. The fourth-order valence-corrected chi connectivity index (χ4v) is 2.41. The lowest BCUT2D eigenvalue weighted by Gasteiger charge is -2.41. The van der Waals surface area contributed by atoms with E-state index in [2.05, 4.69) is 0 Å². The summed E-state index contributed by atoms with van der Waals surface area (Å²) in [7, 11) is 3.02. The molecular formula is C13H18FNO2. The van der Waals surface area contributed by atoms with Gasteiger partial charge in [0.25, 0.3) is 0 Å². The Labute approximate surface area is 101 Å². The van der Waals surface area contributed by atoms with E-state index < -0.39 is 0 Å². The molecule has 3 nitrogen and oxygen atoms in total. The largest absolute Gasteiger partial charge is 0.497 e. The zero-order valence-electron chi connectivity index (χ0n) is 10.3. The highest BCUT2D eigenvalue weighted by Gasteiger charge is 2.40. The molecule has 0 aromatic heterocycles. The van der Waals surface area contributed by atoms with Crippen molar-refractivity contribution in [2.45, 2.75) is 24.7 Å². The minimum absolute atomic E-state index is 0.221. The molecule has 0 saturated heterocycles. The second-order valence-electron chi connectivity index (χ2n) is 4.53. The fourth-order valence-electron chi connectivity index (χ4n) is 2.41. The van der Waals surface area contributed by atoms with Gasteiger partial charge in [-0.3, -0.25) is 0 Å². The monoisotopic (exact) mass is 239 g/mol. The summed E-state index contributed by atoms with van der Waals surface area (Å²) in [5, 5.41) is 0. The maximum absolute atomic E-state index is 14.3. The fraction of sp³-hybridized carbons (Fsp3) is 0.538. The summed E-state index contributed by atoms with van der Waals surface area (Å²) >= 11 is 0. The van der Waals surface area contributed by atoms with Gasteiger partial charge in [0.2, 0.25) is 0 Å². The molecule has 0 radical (unpaired) electrons. The van der Waals surface area contributed by atoms with Gasteiger partial charge in [-0.15, -0.1) is 0 Å². The third kappa shape index (κ3) is 1.86. The highest BCUT2D eigenvalue weighted by Crippen LogP contribution is 2.46. The number of halogens is 1. The first-order valence-electron chi connectivity index (χ1n) is 5.79. The zero-order valence-corrected chi connectivity index (χ0v) is 10.3. The summed E-state index contributed by atoms with van der Waals surface area (Å²) in [6.45, 7) is 0.459. The Bertz CT molecular complexity index is 411. The van der Waals surface area contributed by atoms with Crippen LogP contribution in [0.5, 0.6) is 11.5 Å². The first-order chi connectivity index (χ1) is 8.16. The summed E-state index contributed by atoms with van der Waals surface area (Å²) in [6, 6.07) is 3.30. The zero-order chi connectivity index (χ0) is 12.5. The summed E-state index contributed by atoms with van der Waals surface area (Å²) in [6.07, 6.45) is 2.95. The predicted molar refractivity (Wildman–Crippen MR) is 64.1 cm³/mol. The summed E-state index contributed by atoms with van der Waals surface area (Å²) in [5.41, 5.74) is 6.20. The van der Waals surface area contributed by atoms with E-state index in [1.807, 2.05) is 0 Å². The van der Waals surface area contributed by atoms with Crippen LogP contribution in [-0.2, 0) is 5.41 Å². The molecule has 0 bridgehead atoms. The molecule has 94 valence electrons. The van der Waals surface area contributed by atoms with Gasteiger partial charge in [-0.05, 0) is 18.9 Å². The Morgan fingerprint density at radius 1 is 1.29 bits per heavy atom. The Hall–Kier alpha value is -1.29. The number of hydrogen-bond donors (Lipinski definition) is 1. The molecule has 1 fully saturated rings. The van der Waals surface area contributed by atoms with Crippen molar-refractivity contribution in [1.29, 1.82) is 0 Å². The Balaban J connectivity index is 2.51. The summed E-state index contributed by atoms with van der Waals surface area (Å²) in [4.78, 5) is 0. The number of nitrogens with two attached hydrogens (primary N) is 1. The van der Waals surface area contributed by atoms with Crippen LogP contribution in [0.2, 0.25) is 0 Å². The van der Waals surface area contributed by atoms with Gasteiger partial charge in [0.1, 0.15) is 5.75 Å². The van der Waals surface area contributed by atoms with Gasteiger partial charge < -0.3 is 15.2 Å². The van der Waals surface area contributed by atoms with E-state index in [-0.39, 0.29) is 17.0 Å². The van der Waals surface area contributed by atoms with Crippen LogP contribution in [0, 0.1) is 5.82 Å². The second kappa shape index (κ2) is 4.53. The van der Waals surface area contributed by atoms with Crippen molar-refractivity contribution in [3.05, 3.63) is 23.5 Å². The van der Waals surface area contributed by atoms with Crippen molar-refractivity contribution in [2.24, 2.45) is 5.73 Å². The Morgan fingerprint density at radius 2 is 2.00 bits per heavy atom. The lowest BCUT2D eigenvalue weighted by molar-refractivity contribution is 0.240. The first-order valence-corrected chi connectivity index (χ1v) is 5.79. The van der Waals surface area contributed by atoms with Crippen molar-refractivity contribution in [3.63, 3.8) is 0 Å². The van der Waals surface area contributed by atoms with Crippen LogP contribution < -0.4 is 15.2 Å². The molecule has 1 aromatic carbocycles. The molecular weight excluding hydrogens is 221 g/mol. The van der Waals surface area contributed by atoms with Crippen LogP contribution in [-0.4, -0.2) is 20.8 Å². The minimum Gasteiger partial charge on any atom is -0.497 e. The minimum atomic E-state index is -0.307. The highest BCUT2D eigenvalue weighted by atomic mass is 19.1. The van der Waals surface area contributed by atoms with E-state index in [4.69, 9.17) is 15.2 Å². The maximum Gasteiger partial charge on any atom is 0.169 e. The lowest BCUT2D eigenvalue weighted by atomic mass is 9.64. The van der Waals surface area contributed by atoms with Crippen molar-refractivity contribution in [2.75, 3.05) is 20.8 Å². The van der Waals surface area contributed by atoms with Crippen molar-refractivity contribution >= 4 is 0 Å². The van der Waals surface area contributed by atoms with Crippen LogP contribution in [0.3, 0.4) is 0 Å². The second-order valence-corrected chi connectivity index (χ2v) is 4.53. The van der Waals surface area contributed by atoms with Crippen LogP contribution in [0.15, 0.2) is 12.1 Å². The molecule has 0 heterocycles. The van der Waals surface area contributed by atoms with E-state index in [9.17, 15) is 4.39 Å². The van der Waals surface area contributed by atoms with Gasteiger partial charge in [-0.25, -0.2) is 4.39 Å². The quantitative estimate of drug-likeness (QED) is 0.876. The van der Waals surface area contributed by atoms with E-state index in [1.165, 1.54) is 7.11 Å². The van der Waals surface area contributed by atoms with E-state index in [0.717, 1.165) is 19.3 Å². The molecule has 1 aliphatic carbocycles. The maximum atomic E-state index is 14.3. The van der Waals surface area contributed by atoms with Crippen LogP contribution in [0.25, 0.3) is 0 Å². The molecule has 1 saturated carbocycles. The molecule has 0 spiro atoms. The molecule has 2 rings (SSSR count). The SMILES string of the molecule is COc1cc(OC)c(F)c(C2(CN)CCC2)c1. The molecule has 0 amide bonds. The first kappa shape index (κ1) is 12.2. The molecule has 1 aliphatic rings. The molecule has 1 aromatic rings. The third-order valence-corrected chi connectivity index (χ3v) is 3.74. The van der Waals surface area contributed by atoms with Crippen molar-refractivity contribution < 1.29 is 13.9 Å². The molecule has 17 heavy (non-hydrogen) atoms. The third-order valence-electron chi connectivity index (χ3n) is 3.74. The topological polar surface area (TPSA) is 44.5 Å². The van der Waals surface area contributed by atoms with Gasteiger partial charge in [-0.1, -0.05) is 6.42 Å². The van der Waals surface area contributed by atoms with Gasteiger partial charge in [0, 0.05) is 23.6 Å². The smallest absolute Gasteiger partial charge is 0.169 e. The molecule has 0 unspecified atom stereocenters. The van der Waals surface area contributed by atoms with Gasteiger partial charge in [0.15, 0.2) is 11.6 Å². The van der Waals surface area contributed by atoms with Gasteiger partial charge >= 0.3 is 0 Å². The van der Waals surface area contributed by atoms with Crippen molar-refractivity contribution in [1.82, 2.24) is 0 Å². The van der Waals surface area contributed by atoms with E-state index in [0.29, 0.717) is 17.9 Å². The number of hydrogen-bond acceptors (Lipinski definition) is 3. The standard InChI is InChI=1S/C13H18FNO2/c1-16-9-6-10(12(14)11(7-9)17-2)13(8-15)4-3-5-13/h6-7H,3-5,8,15H2,1-2H3. The number of benzene rings is 1. The summed E-state index contributed by atoms with van der Waals surface area (Å²) < 4.78 is 24.5. The Morgan fingerprint density at radius 3 is 2.41 bits per heavy atom. The number of ether oxygens (including phenoxy) is 2. The molecule has 4 heteroatoms. The van der Waals surface area contributed by atoms with Crippen LogP contribution in [0.4, 0.5) is 4.39 Å². The van der Waals surface area contributed by atoms with Crippen LogP contribution in [0.1, 0.15) is 24.8 Å². The van der Waals surface area contributed by atoms with Crippen molar-refractivity contribution in [3.8, 4) is 11.5 Å². The average molecular weight is 239 g/mol. The average Bonchev–Trinajstić information content (AvgIpc) is 2.30.